The summed E-state index contributed by atoms with van der Waals surface area (Å²) in [6.45, 7) is 0. The molecule has 0 bridgehead atoms. The van der Waals surface area contributed by atoms with Gasteiger partial charge in [-0.05, 0) is 30.3 Å². The first-order valence-corrected chi connectivity index (χ1v) is 7.05. The fourth-order valence-corrected chi connectivity index (χ4v) is 2.76. The van der Waals surface area contributed by atoms with Crippen LogP contribution < -0.4 is 4.74 Å². The van der Waals surface area contributed by atoms with Gasteiger partial charge in [0.2, 0.25) is 0 Å². The van der Waals surface area contributed by atoms with E-state index < -0.39 is 0 Å². The van der Waals surface area contributed by atoms with Crippen LogP contribution in [0.4, 0.5) is 0 Å². The lowest BCUT2D eigenvalue weighted by molar-refractivity contribution is 0.419. The summed E-state index contributed by atoms with van der Waals surface area (Å²) in [6.07, 6.45) is 4.34. The molecular formula is C13H15O2S+. The number of phenols is 1. The maximum atomic E-state index is 9.56. The molecule has 84 valence electrons. The molecule has 0 atom stereocenters. The van der Waals surface area contributed by atoms with Crippen molar-refractivity contribution in [3.63, 3.8) is 0 Å². The van der Waals surface area contributed by atoms with Crippen molar-refractivity contribution in [3.05, 3.63) is 30.3 Å². The van der Waals surface area contributed by atoms with Crippen LogP contribution in [0.3, 0.4) is 0 Å². The van der Waals surface area contributed by atoms with E-state index in [9.17, 15) is 5.11 Å². The van der Waals surface area contributed by atoms with Crippen LogP contribution >= 0.6 is 0 Å². The van der Waals surface area contributed by atoms with Crippen LogP contribution in [-0.2, 0) is 10.9 Å². The Balaban J connectivity index is 2.80. The highest BCUT2D eigenvalue weighted by molar-refractivity contribution is 7.95. The van der Waals surface area contributed by atoms with Crippen molar-refractivity contribution >= 4 is 21.7 Å². The molecule has 2 nitrogen and oxygen atoms in total. The zero-order valence-corrected chi connectivity index (χ0v) is 10.5. The second-order valence-electron chi connectivity index (χ2n) is 3.81. The lowest BCUT2D eigenvalue weighted by atomic mass is 10.1. The van der Waals surface area contributed by atoms with E-state index in [0.29, 0.717) is 5.75 Å². The monoisotopic (exact) mass is 235 g/mol. The molecule has 0 heterocycles. The maximum Gasteiger partial charge on any atom is 0.162 e. The molecular weight excluding hydrogens is 220 g/mol. The zero-order chi connectivity index (χ0) is 11.7. The van der Waals surface area contributed by atoms with Gasteiger partial charge in [0, 0.05) is 21.7 Å². The van der Waals surface area contributed by atoms with Gasteiger partial charge in [0.15, 0.2) is 4.90 Å². The summed E-state index contributed by atoms with van der Waals surface area (Å²) < 4.78 is 5.32. The first-order chi connectivity index (χ1) is 7.63. The van der Waals surface area contributed by atoms with E-state index in [4.69, 9.17) is 4.74 Å². The molecule has 0 aliphatic heterocycles. The molecule has 0 aliphatic carbocycles. The molecule has 0 amide bonds. The Hall–Kier alpha value is -1.35. The smallest absolute Gasteiger partial charge is 0.162 e. The second-order valence-corrected chi connectivity index (χ2v) is 5.89. The first kappa shape index (κ1) is 11.1. The third-order valence-electron chi connectivity index (χ3n) is 2.58. The number of ether oxygens (including phenoxy) is 1. The van der Waals surface area contributed by atoms with Crippen molar-refractivity contribution in [1.82, 2.24) is 0 Å². The van der Waals surface area contributed by atoms with E-state index in [-0.39, 0.29) is 10.9 Å². The fraction of sp³-hybridized carbons (Fsp3) is 0.231. The third-order valence-corrected chi connectivity index (χ3v) is 3.82. The number of rotatable bonds is 2. The van der Waals surface area contributed by atoms with Crippen LogP contribution in [0.1, 0.15) is 0 Å². The average molecular weight is 235 g/mol. The van der Waals surface area contributed by atoms with Gasteiger partial charge in [-0.25, -0.2) is 0 Å². The fourth-order valence-electron chi connectivity index (χ4n) is 1.82. The van der Waals surface area contributed by atoms with E-state index in [1.807, 2.05) is 12.1 Å². The summed E-state index contributed by atoms with van der Waals surface area (Å²) in [5.41, 5.74) is 0. The number of benzene rings is 2. The van der Waals surface area contributed by atoms with Gasteiger partial charge in [-0.15, -0.1) is 0 Å². The minimum absolute atomic E-state index is 0.161. The van der Waals surface area contributed by atoms with Crippen molar-refractivity contribution in [2.24, 2.45) is 0 Å². The van der Waals surface area contributed by atoms with Gasteiger partial charge in [-0.2, -0.15) is 0 Å². The van der Waals surface area contributed by atoms with Crippen LogP contribution in [0.5, 0.6) is 11.5 Å². The third kappa shape index (κ3) is 1.83. The van der Waals surface area contributed by atoms with Crippen molar-refractivity contribution in [2.75, 3.05) is 19.6 Å². The Labute approximate surface area is 98.2 Å². The van der Waals surface area contributed by atoms with Gasteiger partial charge < -0.3 is 9.84 Å². The average Bonchev–Trinajstić information content (AvgIpc) is 2.26. The predicted octanol–water partition coefficient (Wildman–Crippen LogP) is 2.79. The van der Waals surface area contributed by atoms with E-state index in [1.54, 1.807) is 19.2 Å². The van der Waals surface area contributed by atoms with Crippen LogP contribution in [0, 0.1) is 0 Å². The number of phenolic OH excluding ortho intramolecular Hbond substituents is 1. The topological polar surface area (TPSA) is 29.5 Å². The van der Waals surface area contributed by atoms with Crippen LogP contribution in [-0.4, -0.2) is 24.7 Å². The molecule has 1 N–H and O–H groups in total. The molecule has 16 heavy (non-hydrogen) atoms. The number of hydrogen-bond donors (Lipinski definition) is 1. The van der Waals surface area contributed by atoms with E-state index in [0.717, 1.165) is 16.5 Å². The number of methoxy groups -OCH3 is 1. The van der Waals surface area contributed by atoms with Crippen molar-refractivity contribution in [3.8, 4) is 11.5 Å². The predicted molar refractivity (Wildman–Crippen MR) is 69.6 cm³/mol. The molecule has 2 rings (SSSR count). The van der Waals surface area contributed by atoms with Gasteiger partial charge in [0.05, 0.1) is 7.11 Å². The number of hydrogen-bond acceptors (Lipinski definition) is 2. The molecule has 0 saturated carbocycles. The van der Waals surface area contributed by atoms with E-state index in [2.05, 4.69) is 18.6 Å². The number of aromatic hydroxyl groups is 1. The van der Waals surface area contributed by atoms with Crippen LogP contribution in [0.15, 0.2) is 35.2 Å². The molecule has 0 aromatic heterocycles. The van der Waals surface area contributed by atoms with Crippen molar-refractivity contribution in [2.45, 2.75) is 4.90 Å². The standard InChI is InChI=1S/C13H14O2S/c1-15-12-6-7-13(16(2)3)11-8-9(14)4-5-10(11)12/h4-8H,1-3H3/p+1. The van der Waals surface area contributed by atoms with Gasteiger partial charge in [0.1, 0.15) is 24.0 Å². The molecule has 3 heteroatoms. The molecule has 0 spiro atoms. The van der Waals surface area contributed by atoms with Gasteiger partial charge >= 0.3 is 0 Å². The Morgan fingerprint density at radius 1 is 1.06 bits per heavy atom. The number of fused-ring (bicyclic) bond motifs is 1. The summed E-state index contributed by atoms with van der Waals surface area (Å²) in [7, 11) is 1.83. The molecule has 2 aromatic rings. The summed E-state index contributed by atoms with van der Waals surface area (Å²) in [5, 5.41) is 11.7. The summed E-state index contributed by atoms with van der Waals surface area (Å²) >= 11 is 0. The van der Waals surface area contributed by atoms with Gasteiger partial charge in [-0.3, -0.25) is 0 Å². The van der Waals surface area contributed by atoms with Crippen LogP contribution in [0.25, 0.3) is 10.8 Å². The molecule has 0 radical (unpaired) electrons. The lowest BCUT2D eigenvalue weighted by Gasteiger charge is -2.08. The first-order valence-electron chi connectivity index (χ1n) is 5.01. The largest absolute Gasteiger partial charge is 0.508 e. The molecule has 0 fully saturated rings. The highest BCUT2D eigenvalue weighted by Crippen LogP contribution is 2.33. The maximum absolute atomic E-state index is 9.56. The Morgan fingerprint density at radius 2 is 1.81 bits per heavy atom. The minimum atomic E-state index is 0.161. The van der Waals surface area contributed by atoms with E-state index in [1.165, 1.54) is 4.90 Å². The van der Waals surface area contributed by atoms with Crippen LogP contribution in [0.2, 0.25) is 0 Å². The second kappa shape index (κ2) is 4.26. The molecule has 2 aromatic carbocycles. The molecule has 0 saturated heterocycles. The lowest BCUT2D eigenvalue weighted by Crippen LogP contribution is -1.97. The summed E-state index contributed by atoms with van der Waals surface area (Å²) in [4.78, 5) is 1.26. The normalized spacial score (nSPS) is 11.0. The van der Waals surface area contributed by atoms with Gasteiger partial charge in [0.25, 0.3) is 0 Å². The SMILES string of the molecule is COc1ccc([S+](C)C)c2cc(O)ccc12. The molecule has 0 unspecified atom stereocenters. The van der Waals surface area contributed by atoms with Gasteiger partial charge in [-0.1, -0.05) is 0 Å². The summed E-state index contributed by atoms with van der Waals surface area (Å²) in [6, 6.07) is 9.46. The molecule has 0 aliphatic rings. The summed E-state index contributed by atoms with van der Waals surface area (Å²) in [5.74, 6) is 1.15. The van der Waals surface area contributed by atoms with Crippen molar-refractivity contribution in [1.29, 1.82) is 0 Å². The minimum Gasteiger partial charge on any atom is -0.508 e. The Morgan fingerprint density at radius 3 is 2.44 bits per heavy atom. The highest BCUT2D eigenvalue weighted by Gasteiger charge is 2.16. The van der Waals surface area contributed by atoms with Crippen molar-refractivity contribution < 1.29 is 9.84 Å². The van der Waals surface area contributed by atoms with E-state index >= 15 is 0 Å². The quantitative estimate of drug-likeness (QED) is 0.811. The Kier molecular flexibility index (Phi) is 2.97. The highest BCUT2D eigenvalue weighted by atomic mass is 32.2. The zero-order valence-electron chi connectivity index (χ0n) is 9.65. The Bertz CT molecular complexity index is 521.